The fourth-order valence-corrected chi connectivity index (χ4v) is 2.07. The minimum absolute atomic E-state index is 0.290. The first kappa shape index (κ1) is 14.9. The Bertz CT molecular complexity index is 870. The summed E-state index contributed by atoms with van der Waals surface area (Å²) in [4.78, 5) is 15.9. The number of aromatic nitrogens is 5. The van der Waals surface area contributed by atoms with E-state index in [2.05, 4.69) is 15.4 Å². The number of tetrazole rings is 1. The van der Waals surface area contributed by atoms with E-state index in [0.717, 1.165) is 15.4 Å². The van der Waals surface area contributed by atoms with Gasteiger partial charge in [-0.1, -0.05) is 18.2 Å². The maximum absolute atomic E-state index is 13.0. The van der Waals surface area contributed by atoms with E-state index < -0.39 is 24.0 Å². The van der Waals surface area contributed by atoms with Gasteiger partial charge in [0.2, 0.25) is 0 Å². The highest BCUT2D eigenvalue weighted by atomic mass is 19.4. The smallest absolute Gasteiger partial charge is 0.259 e. The lowest BCUT2D eigenvalue weighted by Gasteiger charge is -2.10. The van der Waals surface area contributed by atoms with Crippen molar-refractivity contribution in [1.29, 1.82) is 0 Å². The lowest BCUT2D eigenvalue weighted by molar-refractivity contribution is -0.138. The molecule has 1 aromatic carbocycles. The second-order valence-electron chi connectivity index (χ2n) is 4.66. The maximum atomic E-state index is 13.0. The van der Waals surface area contributed by atoms with E-state index in [1.165, 1.54) is 12.3 Å². The van der Waals surface area contributed by atoms with Gasteiger partial charge >= 0.3 is 11.9 Å². The summed E-state index contributed by atoms with van der Waals surface area (Å²) in [5.74, 6) is 0. The van der Waals surface area contributed by atoms with E-state index in [1.54, 1.807) is 30.3 Å². The Balaban J connectivity index is 1.98. The molecule has 0 fully saturated rings. The van der Waals surface area contributed by atoms with Gasteiger partial charge in [-0.2, -0.15) is 22.5 Å². The number of para-hydroxylation sites is 1. The van der Waals surface area contributed by atoms with Crippen molar-refractivity contribution in [2.45, 2.75) is 12.7 Å². The van der Waals surface area contributed by atoms with E-state index in [4.69, 9.17) is 0 Å². The van der Waals surface area contributed by atoms with Crippen molar-refractivity contribution in [3.05, 3.63) is 70.4 Å². The van der Waals surface area contributed by atoms with Gasteiger partial charge in [0.1, 0.15) is 0 Å². The van der Waals surface area contributed by atoms with Crippen LogP contribution in [0.2, 0.25) is 0 Å². The van der Waals surface area contributed by atoms with Crippen LogP contribution in [0, 0.1) is 0 Å². The molecule has 0 unspecified atom stereocenters. The summed E-state index contributed by atoms with van der Waals surface area (Å²) in [6.45, 7) is -0.415. The van der Waals surface area contributed by atoms with Crippen LogP contribution in [-0.4, -0.2) is 24.8 Å². The van der Waals surface area contributed by atoms with Gasteiger partial charge in [0.25, 0.3) is 0 Å². The maximum Gasteiger partial charge on any atom is 0.418 e. The summed E-state index contributed by atoms with van der Waals surface area (Å²) < 4.78 is 40.7. The summed E-state index contributed by atoms with van der Waals surface area (Å²) in [5, 5.41) is 7.30. The summed E-state index contributed by atoms with van der Waals surface area (Å²) >= 11 is 0. The first-order valence-corrected chi connectivity index (χ1v) is 6.56. The number of pyridine rings is 1. The molecule has 0 saturated carbocycles. The molecule has 0 amide bonds. The molecule has 0 aliphatic carbocycles. The van der Waals surface area contributed by atoms with Gasteiger partial charge < -0.3 is 0 Å². The summed E-state index contributed by atoms with van der Waals surface area (Å²) in [7, 11) is 0. The predicted octanol–water partition coefficient (Wildman–Crippen LogP) is 1.89. The van der Waals surface area contributed by atoms with Crippen molar-refractivity contribution in [2.24, 2.45) is 0 Å². The van der Waals surface area contributed by atoms with Crippen LogP contribution < -0.4 is 5.69 Å². The number of nitrogens with zero attached hydrogens (tertiary/aromatic N) is 5. The molecule has 2 aromatic heterocycles. The van der Waals surface area contributed by atoms with Crippen molar-refractivity contribution >= 4 is 0 Å². The second kappa shape index (κ2) is 5.67. The first-order valence-electron chi connectivity index (χ1n) is 6.56. The zero-order valence-corrected chi connectivity index (χ0v) is 11.6. The highest BCUT2D eigenvalue weighted by molar-refractivity contribution is 5.29. The van der Waals surface area contributed by atoms with Crippen LogP contribution in [0.4, 0.5) is 13.2 Å². The molecule has 0 spiro atoms. The molecule has 0 bridgehead atoms. The average molecular weight is 321 g/mol. The van der Waals surface area contributed by atoms with Gasteiger partial charge in [-0.25, -0.2) is 4.79 Å². The molecule has 0 saturated heterocycles. The Labute approximate surface area is 127 Å². The molecule has 3 rings (SSSR count). The van der Waals surface area contributed by atoms with Crippen LogP contribution in [0.15, 0.2) is 53.5 Å². The van der Waals surface area contributed by atoms with Gasteiger partial charge in [-0.3, -0.25) is 4.98 Å². The van der Waals surface area contributed by atoms with Gasteiger partial charge in [-0.05, 0) is 34.7 Å². The van der Waals surface area contributed by atoms with Crippen molar-refractivity contribution in [3.8, 4) is 5.69 Å². The molecule has 3 aromatic rings. The molecule has 0 aliphatic heterocycles. The SMILES string of the molecule is O=c1n(Cc2ncccc2C(F)(F)F)nnn1-c1ccccc1. The van der Waals surface area contributed by atoms with Crippen LogP contribution in [0.25, 0.3) is 5.69 Å². The monoisotopic (exact) mass is 321 g/mol. The number of hydrogen-bond acceptors (Lipinski definition) is 4. The molecule has 0 aliphatic rings. The van der Waals surface area contributed by atoms with Crippen LogP contribution in [0.3, 0.4) is 0 Å². The lowest BCUT2D eigenvalue weighted by Crippen LogP contribution is -2.26. The largest absolute Gasteiger partial charge is 0.418 e. The Morgan fingerprint density at radius 1 is 1.00 bits per heavy atom. The van der Waals surface area contributed by atoms with Crippen molar-refractivity contribution < 1.29 is 13.2 Å². The Morgan fingerprint density at radius 2 is 1.74 bits per heavy atom. The van der Waals surface area contributed by atoms with E-state index in [-0.39, 0.29) is 5.69 Å². The Hall–Kier alpha value is -2.97. The first-order chi connectivity index (χ1) is 11.0. The standard InChI is InChI=1S/C14H10F3N5O/c15-14(16,17)11-7-4-8-18-12(11)9-21-13(23)22(20-19-21)10-5-2-1-3-6-10/h1-8H,9H2. The molecule has 0 N–H and O–H groups in total. The van der Waals surface area contributed by atoms with Crippen LogP contribution >= 0.6 is 0 Å². The second-order valence-corrected chi connectivity index (χ2v) is 4.66. The zero-order chi connectivity index (χ0) is 16.4. The molecular formula is C14H10F3N5O. The quantitative estimate of drug-likeness (QED) is 0.739. The average Bonchev–Trinajstić information content (AvgIpc) is 2.89. The van der Waals surface area contributed by atoms with E-state index in [0.29, 0.717) is 5.69 Å². The van der Waals surface area contributed by atoms with Gasteiger partial charge in [0, 0.05) is 6.20 Å². The third kappa shape index (κ3) is 2.98. The molecule has 6 nitrogen and oxygen atoms in total. The van der Waals surface area contributed by atoms with Gasteiger partial charge in [0.15, 0.2) is 0 Å². The van der Waals surface area contributed by atoms with Gasteiger partial charge in [0.05, 0.1) is 23.5 Å². The molecule has 9 heteroatoms. The Kier molecular flexibility index (Phi) is 3.68. The minimum Gasteiger partial charge on any atom is -0.259 e. The number of halogens is 3. The highest BCUT2D eigenvalue weighted by Crippen LogP contribution is 2.31. The predicted molar refractivity (Wildman–Crippen MR) is 74.0 cm³/mol. The highest BCUT2D eigenvalue weighted by Gasteiger charge is 2.34. The van der Waals surface area contributed by atoms with Crippen LogP contribution in [0.1, 0.15) is 11.3 Å². The van der Waals surface area contributed by atoms with Crippen LogP contribution in [-0.2, 0) is 12.7 Å². The molecule has 118 valence electrons. The number of alkyl halides is 3. The van der Waals surface area contributed by atoms with E-state index in [1.807, 2.05) is 0 Å². The summed E-state index contributed by atoms with van der Waals surface area (Å²) in [6, 6.07) is 10.6. The van der Waals surface area contributed by atoms with E-state index >= 15 is 0 Å². The number of rotatable bonds is 3. The van der Waals surface area contributed by atoms with Gasteiger partial charge in [-0.15, -0.1) is 0 Å². The topological polar surface area (TPSA) is 65.6 Å². The lowest BCUT2D eigenvalue weighted by atomic mass is 10.2. The molecular weight excluding hydrogens is 311 g/mol. The summed E-state index contributed by atoms with van der Waals surface area (Å²) in [6.07, 6.45) is -3.32. The van der Waals surface area contributed by atoms with E-state index in [9.17, 15) is 18.0 Å². The minimum atomic E-state index is -4.55. The zero-order valence-electron chi connectivity index (χ0n) is 11.6. The van der Waals surface area contributed by atoms with Crippen molar-refractivity contribution in [1.82, 2.24) is 24.8 Å². The molecule has 2 heterocycles. The molecule has 23 heavy (non-hydrogen) atoms. The molecule has 0 atom stereocenters. The van der Waals surface area contributed by atoms with Crippen LogP contribution in [0.5, 0.6) is 0 Å². The molecule has 0 radical (unpaired) electrons. The fourth-order valence-electron chi connectivity index (χ4n) is 2.07. The third-order valence-electron chi connectivity index (χ3n) is 3.14. The normalized spacial score (nSPS) is 11.6. The summed E-state index contributed by atoms with van der Waals surface area (Å²) in [5.41, 5.74) is -1.36. The third-order valence-corrected chi connectivity index (χ3v) is 3.14. The number of benzene rings is 1. The van der Waals surface area contributed by atoms with Crippen molar-refractivity contribution in [3.63, 3.8) is 0 Å². The van der Waals surface area contributed by atoms with Crippen molar-refractivity contribution in [2.75, 3.05) is 0 Å². The number of hydrogen-bond donors (Lipinski definition) is 0. The Morgan fingerprint density at radius 3 is 2.43 bits per heavy atom. The fraction of sp³-hybridized carbons (Fsp3) is 0.143.